The highest BCUT2D eigenvalue weighted by molar-refractivity contribution is 5.74. The molecule has 0 heterocycles. The van der Waals surface area contributed by atoms with Crippen molar-refractivity contribution in [3.63, 3.8) is 0 Å². The number of aliphatic hydroxyl groups is 1. The van der Waals surface area contributed by atoms with Gasteiger partial charge in [0.25, 0.3) is 0 Å². The summed E-state index contributed by atoms with van der Waals surface area (Å²) >= 11 is 0. The van der Waals surface area contributed by atoms with Crippen molar-refractivity contribution in [2.45, 2.75) is 33.1 Å². The summed E-state index contributed by atoms with van der Waals surface area (Å²) in [5, 5.41) is 11.9. The van der Waals surface area contributed by atoms with Gasteiger partial charge in [-0.1, -0.05) is 43.7 Å². The molecule has 20 heavy (non-hydrogen) atoms. The molecule has 0 bridgehead atoms. The van der Waals surface area contributed by atoms with Crippen LogP contribution in [-0.2, 0) is 0 Å². The molecule has 0 saturated carbocycles. The molecule has 0 aliphatic heterocycles. The number of rotatable bonds is 7. The first-order chi connectivity index (χ1) is 9.58. The van der Waals surface area contributed by atoms with Gasteiger partial charge < -0.3 is 15.3 Å². The molecule has 1 rings (SSSR count). The zero-order chi connectivity index (χ0) is 15.0. The van der Waals surface area contributed by atoms with E-state index < -0.39 is 0 Å². The fourth-order valence-electron chi connectivity index (χ4n) is 2.07. The Morgan fingerprint density at radius 3 is 2.50 bits per heavy atom. The third-order valence-corrected chi connectivity index (χ3v) is 3.36. The fourth-order valence-corrected chi connectivity index (χ4v) is 2.07. The fraction of sp³-hybridized carbons (Fsp3) is 0.562. The lowest BCUT2D eigenvalue weighted by molar-refractivity contribution is 0.177. The van der Waals surface area contributed by atoms with Crippen LogP contribution in [0.25, 0.3) is 0 Å². The molecule has 0 aliphatic rings. The highest BCUT2D eigenvalue weighted by atomic mass is 16.3. The van der Waals surface area contributed by atoms with E-state index in [1.807, 2.05) is 6.92 Å². The molecule has 2 amide bonds. The maximum Gasteiger partial charge on any atom is 0.317 e. The number of nitrogens with one attached hydrogen (secondary N) is 1. The number of hydrogen-bond acceptors (Lipinski definition) is 2. The second-order valence-electron chi connectivity index (χ2n) is 5.21. The molecule has 0 aliphatic carbocycles. The maximum absolute atomic E-state index is 12.0. The van der Waals surface area contributed by atoms with E-state index in [0.717, 1.165) is 6.42 Å². The van der Waals surface area contributed by atoms with E-state index in [1.165, 1.54) is 11.1 Å². The van der Waals surface area contributed by atoms with Crippen molar-refractivity contribution in [2.24, 2.45) is 0 Å². The van der Waals surface area contributed by atoms with Crippen LogP contribution < -0.4 is 5.32 Å². The van der Waals surface area contributed by atoms with Crippen LogP contribution in [0.15, 0.2) is 24.3 Å². The van der Waals surface area contributed by atoms with E-state index in [1.54, 1.807) is 4.90 Å². The number of hydrogen-bond donors (Lipinski definition) is 2. The molecular formula is C16H26N2O2. The molecule has 0 aromatic heterocycles. The van der Waals surface area contributed by atoms with Gasteiger partial charge >= 0.3 is 6.03 Å². The number of urea groups is 1. The normalized spacial score (nSPS) is 12.0. The second-order valence-corrected chi connectivity index (χ2v) is 5.21. The Balaban J connectivity index is 2.48. The molecule has 2 N–H and O–H groups in total. The molecule has 0 fully saturated rings. The first-order valence-corrected chi connectivity index (χ1v) is 7.28. The third-order valence-electron chi connectivity index (χ3n) is 3.36. The number of amides is 2. The third kappa shape index (κ3) is 5.21. The Labute approximate surface area is 121 Å². The van der Waals surface area contributed by atoms with Crippen molar-refractivity contribution < 1.29 is 9.90 Å². The molecule has 112 valence electrons. The van der Waals surface area contributed by atoms with Gasteiger partial charge in [-0.15, -0.1) is 0 Å². The largest absolute Gasteiger partial charge is 0.395 e. The van der Waals surface area contributed by atoms with Crippen molar-refractivity contribution in [3.05, 3.63) is 35.4 Å². The topological polar surface area (TPSA) is 52.6 Å². The van der Waals surface area contributed by atoms with Gasteiger partial charge in [-0.2, -0.15) is 0 Å². The van der Waals surface area contributed by atoms with Crippen molar-refractivity contribution in [1.82, 2.24) is 10.2 Å². The maximum atomic E-state index is 12.0. The Bertz CT molecular complexity index is 397. The van der Waals surface area contributed by atoms with Crippen LogP contribution in [0, 0.1) is 6.92 Å². The number of carbonyl (C=O) groups excluding carboxylic acids is 1. The quantitative estimate of drug-likeness (QED) is 0.805. The zero-order valence-electron chi connectivity index (χ0n) is 12.7. The van der Waals surface area contributed by atoms with E-state index in [0.29, 0.717) is 19.6 Å². The van der Waals surface area contributed by atoms with Gasteiger partial charge in [0.05, 0.1) is 6.61 Å². The van der Waals surface area contributed by atoms with E-state index in [2.05, 4.69) is 43.4 Å². The molecule has 0 radical (unpaired) electrons. The summed E-state index contributed by atoms with van der Waals surface area (Å²) in [6.07, 6.45) is 0.890. The van der Waals surface area contributed by atoms with Crippen LogP contribution in [0.4, 0.5) is 4.79 Å². The lowest BCUT2D eigenvalue weighted by atomic mass is 10.0. The van der Waals surface area contributed by atoms with Gasteiger partial charge in [-0.3, -0.25) is 0 Å². The van der Waals surface area contributed by atoms with Crippen molar-refractivity contribution in [1.29, 1.82) is 0 Å². The molecule has 4 heteroatoms. The first-order valence-electron chi connectivity index (χ1n) is 7.28. The van der Waals surface area contributed by atoms with Crippen LogP contribution in [0.2, 0.25) is 0 Å². The van der Waals surface area contributed by atoms with Crippen molar-refractivity contribution in [2.75, 3.05) is 26.2 Å². The number of carbonyl (C=O) groups is 1. The minimum atomic E-state index is -0.0974. The average molecular weight is 278 g/mol. The highest BCUT2D eigenvalue weighted by Crippen LogP contribution is 2.14. The van der Waals surface area contributed by atoms with Crippen LogP contribution in [0.3, 0.4) is 0 Å². The molecule has 0 spiro atoms. The predicted octanol–water partition coefficient (Wildman–Crippen LogP) is 2.51. The summed E-state index contributed by atoms with van der Waals surface area (Å²) in [6, 6.07) is 8.28. The Hall–Kier alpha value is -1.55. The van der Waals surface area contributed by atoms with Crippen LogP contribution >= 0.6 is 0 Å². The lowest BCUT2D eigenvalue weighted by Gasteiger charge is -2.23. The Kier molecular flexibility index (Phi) is 7.09. The summed E-state index contributed by atoms with van der Waals surface area (Å²) in [4.78, 5) is 13.7. The monoisotopic (exact) mass is 278 g/mol. The highest BCUT2D eigenvalue weighted by Gasteiger charge is 2.13. The molecular weight excluding hydrogens is 252 g/mol. The summed E-state index contributed by atoms with van der Waals surface area (Å²) < 4.78 is 0. The molecule has 4 nitrogen and oxygen atoms in total. The number of nitrogens with zero attached hydrogens (tertiary/aromatic N) is 1. The Morgan fingerprint density at radius 1 is 1.30 bits per heavy atom. The summed E-state index contributed by atoms with van der Waals surface area (Å²) in [6.45, 7) is 7.85. The minimum absolute atomic E-state index is 0.000928. The molecule has 0 saturated heterocycles. The minimum Gasteiger partial charge on any atom is -0.395 e. The smallest absolute Gasteiger partial charge is 0.317 e. The molecule has 1 aromatic rings. The van der Waals surface area contributed by atoms with Crippen molar-refractivity contribution >= 4 is 6.03 Å². The number of aryl methyl sites for hydroxylation is 1. The second kappa shape index (κ2) is 8.59. The van der Waals surface area contributed by atoms with Gasteiger partial charge in [0.2, 0.25) is 0 Å². The molecule has 1 atom stereocenters. The number of aliphatic hydroxyl groups excluding tert-OH is 1. The predicted molar refractivity (Wildman–Crippen MR) is 81.9 cm³/mol. The summed E-state index contributed by atoms with van der Waals surface area (Å²) in [5.74, 6) is 0.275. The van der Waals surface area contributed by atoms with Gasteiger partial charge in [-0.25, -0.2) is 4.79 Å². The SMILES string of the molecule is CCCN(CCO)C(=O)NCC(C)c1ccc(C)cc1. The Morgan fingerprint density at radius 2 is 1.95 bits per heavy atom. The van der Waals surface area contributed by atoms with Gasteiger partial charge in [0.15, 0.2) is 0 Å². The number of benzene rings is 1. The molecule has 1 unspecified atom stereocenters. The van der Waals surface area contributed by atoms with E-state index >= 15 is 0 Å². The van der Waals surface area contributed by atoms with E-state index in [-0.39, 0.29) is 18.6 Å². The van der Waals surface area contributed by atoms with Crippen LogP contribution in [0.5, 0.6) is 0 Å². The average Bonchev–Trinajstić information content (AvgIpc) is 2.45. The molecule has 1 aromatic carbocycles. The first kappa shape index (κ1) is 16.5. The van der Waals surface area contributed by atoms with Gasteiger partial charge in [-0.05, 0) is 24.8 Å². The van der Waals surface area contributed by atoms with Gasteiger partial charge in [0.1, 0.15) is 0 Å². The standard InChI is InChI=1S/C16H26N2O2/c1-4-9-18(10-11-19)16(20)17-12-14(3)15-7-5-13(2)6-8-15/h5-8,14,19H,4,9-12H2,1-3H3,(H,17,20). The van der Waals surface area contributed by atoms with Crippen LogP contribution in [-0.4, -0.2) is 42.3 Å². The van der Waals surface area contributed by atoms with Crippen LogP contribution in [0.1, 0.15) is 37.3 Å². The van der Waals surface area contributed by atoms with E-state index in [4.69, 9.17) is 5.11 Å². The summed E-state index contributed by atoms with van der Waals surface area (Å²) in [7, 11) is 0. The lowest BCUT2D eigenvalue weighted by Crippen LogP contribution is -2.43. The zero-order valence-corrected chi connectivity index (χ0v) is 12.7. The van der Waals surface area contributed by atoms with Gasteiger partial charge in [0, 0.05) is 19.6 Å². The van der Waals surface area contributed by atoms with Crippen molar-refractivity contribution in [3.8, 4) is 0 Å². The summed E-state index contributed by atoms with van der Waals surface area (Å²) in [5.41, 5.74) is 2.46. The van der Waals surface area contributed by atoms with E-state index in [9.17, 15) is 4.79 Å².